The number of ether oxygens (including phenoxy) is 1. The third-order valence-electron chi connectivity index (χ3n) is 4.55. The van der Waals surface area contributed by atoms with Crippen LogP contribution in [0.1, 0.15) is 58.1 Å². The van der Waals surface area contributed by atoms with Crippen LogP contribution in [0.25, 0.3) is 0 Å². The lowest BCUT2D eigenvalue weighted by Crippen LogP contribution is -2.35. The van der Waals surface area contributed by atoms with Crippen molar-refractivity contribution in [3.8, 4) is 0 Å². The first-order valence-corrected chi connectivity index (χ1v) is 9.91. The molecule has 0 amide bonds. The van der Waals surface area contributed by atoms with Crippen molar-refractivity contribution in [2.75, 3.05) is 0 Å². The van der Waals surface area contributed by atoms with Gasteiger partial charge in [-0.2, -0.15) is 0 Å². The smallest absolute Gasteiger partial charge is 0.306 e. The molecule has 0 spiro atoms. The normalized spacial score (nSPS) is 12.8. The molecule has 1 unspecified atom stereocenters. The lowest BCUT2D eigenvalue weighted by Gasteiger charge is -2.31. The van der Waals surface area contributed by atoms with Gasteiger partial charge in [0.05, 0.1) is 0 Å². The molecule has 3 heteroatoms. The predicted octanol–water partition coefficient (Wildman–Crippen LogP) is 5.59. The van der Waals surface area contributed by atoms with E-state index in [2.05, 4.69) is 60.4 Å². The molecule has 0 heterocycles. The van der Waals surface area contributed by atoms with Crippen molar-refractivity contribution >= 4 is 5.97 Å². The molecule has 0 aliphatic rings. The predicted molar refractivity (Wildman–Crippen MR) is 111 cm³/mol. The second kappa shape index (κ2) is 10.3. The molecule has 2 rings (SSSR count). The molecule has 27 heavy (non-hydrogen) atoms. The van der Waals surface area contributed by atoms with Crippen LogP contribution in [0.5, 0.6) is 0 Å². The van der Waals surface area contributed by atoms with E-state index < -0.39 is 5.60 Å². The summed E-state index contributed by atoms with van der Waals surface area (Å²) in [6.45, 7) is 9.70. The summed E-state index contributed by atoms with van der Waals surface area (Å²) in [7, 11) is 0. The van der Waals surface area contributed by atoms with E-state index in [1.807, 2.05) is 32.9 Å². The number of benzene rings is 2. The Bertz CT molecular complexity index is 635. The standard InChI is InChI=1S/C24H33NO2/c1-5-22(16-17-23(26)27-24(2,3)4)25(18-20-12-8-6-9-13-20)19-21-14-10-7-11-15-21/h6-15,22H,5,16-19H2,1-4H3. The summed E-state index contributed by atoms with van der Waals surface area (Å²) in [4.78, 5) is 14.7. The molecule has 0 radical (unpaired) electrons. The molecule has 0 N–H and O–H groups in total. The van der Waals surface area contributed by atoms with Gasteiger partial charge in [-0.05, 0) is 44.7 Å². The number of carbonyl (C=O) groups excluding carboxylic acids is 1. The summed E-state index contributed by atoms with van der Waals surface area (Å²) in [6, 6.07) is 21.4. The van der Waals surface area contributed by atoms with Gasteiger partial charge in [-0.25, -0.2) is 0 Å². The molecular weight excluding hydrogens is 334 g/mol. The molecular formula is C24H33NO2. The summed E-state index contributed by atoms with van der Waals surface area (Å²) >= 11 is 0. The van der Waals surface area contributed by atoms with Gasteiger partial charge in [0.2, 0.25) is 0 Å². The van der Waals surface area contributed by atoms with E-state index in [0.29, 0.717) is 12.5 Å². The molecule has 3 nitrogen and oxygen atoms in total. The Hall–Kier alpha value is -2.13. The fraction of sp³-hybridized carbons (Fsp3) is 0.458. The van der Waals surface area contributed by atoms with Gasteiger partial charge < -0.3 is 4.74 Å². The Morgan fingerprint density at radius 2 is 1.41 bits per heavy atom. The molecule has 1 atom stereocenters. The van der Waals surface area contributed by atoms with Crippen LogP contribution in [0.4, 0.5) is 0 Å². The van der Waals surface area contributed by atoms with Crippen LogP contribution in [0.3, 0.4) is 0 Å². The quantitative estimate of drug-likeness (QED) is 0.541. The van der Waals surface area contributed by atoms with Crippen molar-refractivity contribution < 1.29 is 9.53 Å². The Kier molecular flexibility index (Phi) is 8.05. The lowest BCUT2D eigenvalue weighted by atomic mass is 10.0. The highest BCUT2D eigenvalue weighted by atomic mass is 16.6. The van der Waals surface area contributed by atoms with E-state index >= 15 is 0 Å². The highest BCUT2D eigenvalue weighted by molar-refractivity contribution is 5.69. The number of nitrogens with zero attached hydrogens (tertiary/aromatic N) is 1. The number of rotatable bonds is 9. The van der Waals surface area contributed by atoms with E-state index in [1.165, 1.54) is 11.1 Å². The third kappa shape index (κ3) is 7.96. The van der Waals surface area contributed by atoms with Gasteiger partial charge in [-0.15, -0.1) is 0 Å². The maximum atomic E-state index is 12.2. The second-order valence-electron chi connectivity index (χ2n) is 8.06. The van der Waals surface area contributed by atoms with E-state index in [9.17, 15) is 4.79 Å². The van der Waals surface area contributed by atoms with E-state index in [-0.39, 0.29) is 5.97 Å². The highest BCUT2D eigenvalue weighted by Gasteiger charge is 2.21. The maximum absolute atomic E-state index is 12.2. The number of esters is 1. The van der Waals surface area contributed by atoms with Gasteiger partial charge in [0.25, 0.3) is 0 Å². The topological polar surface area (TPSA) is 29.5 Å². The SMILES string of the molecule is CCC(CCC(=O)OC(C)(C)C)N(Cc1ccccc1)Cc1ccccc1. The molecule has 0 fully saturated rings. The van der Waals surface area contributed by atoms with Crippen LogP contribution in [0, 0.1) is 0 Å². The third-order valence-corrected chi connectivity index (χ3v) is 4.55. The average Bonchev–Trinajstić information content (AvgIpc) is 2.62. The zero-order valence-corrected chi connectivity index (χ0v) is 17.2. The van der Waals surface area contributed by atoms with E-state index in [0.717, 1.165) is 25.9 Å². The molecule has 0 saturated heterocycles. The maximum Gasteiger partial charge on any atom is 0.306 e. The number of carbonyl (C=O) groups is 1. The van der Waals surface area contributed by atoms with Crippen LogP contribution in [0.15, 0.2) is 60.7 Å². The average molecular weight is 368 g/mol. The Labute approximate surface area is 164 Å². The van der Waals surface area contributed by atoms with E-state index in [1.54, 1.807) is 0 Å². The van der Waals surface area contributed by atoms with Crippen molar-refractivity contribution in [2.45, 2.75) is 71.7 Å². The van der Waals surface area contributed by atoms with Crippen LogP contribution in [-0.2, 0) is 22.6 Å². The lowest BCUT2D eigenvalue weighted by molar-refractivity contribution is -0.155. The number of hydrogen-bond donors (Lipinski definition) is 0. The fourth-order valence-electron chi connectivity index (χ4n) is 3.27. The molecule has 0 bridgehead atoms. The summed E-state index contributed by atoms with van der Waals surface area (Å²) in [5.74, 6) is -0.111. The van der Waals surface area contributed by atoms with Gasteiger partial charge >= 0.3 is 5.97 Å². The zero-order valence-electron chi connectivity index (χ0n) is 17.2. The van der Waals surface area contributed by atoms with Gasteiger partial charge in [0.1, 0.15) is 5.60 Å². The minimum absolute atomic E-state index is 0.111. The zero-order chi connectivity index (χ0) is 19.7. The van der Waals surface area contributed by atoms with Gasteiger partial charge in [0, 0.05) is 25.6 Å². The van der Waals surface area contributed by atoms with Crippen molar-refractivity contribution in [2.24, 2.45) is 0 Å². The molecule has 2 aromatic rings. The molecule has 146 valence electrons. The molecule has 0 aliphatic carbocycles. The molecule has 2 aromatic carbocycles. The van der Waals surface area contributed by atoms with Crippen LogP contribution in [-0.4, -0.2) is 22.5 Å². The first kappa shape index (κ1) is 21.2. The van der Waals surface area contributed by atoms with Crippen molar-refractivity contribution in [3.05, 3.63) is 71.8 Å². The Morgan fingerprint density at radius 1 is 0.926 bits per heavy atom. The van der Waals surface area contributed by atoms with Crippen LogP contribution >= 0.6 is 0 Å². The van der Waals surface area contributed by atoms with Crippen molar-refractivity contribution in [3.63, 3.8) is 0 Å². The van der Waals surface area contributed by atoms with Gasteiger partial charge in [-0.3, -0.25) is 9.69 Å². The monoisotopic (exact) mass is 367 g/mol. The van der Waals surface area contributed by atoms with E-state index in [4.69, 9.17) is 4.74 Å². The fourth-order valence-corrected chi connectivity index (χ4v) is 3.27. The van der Waals surface area contributed by atoms with Crippen LogP contribution < -0.4 is 0 Å². The summed E-state index contributed by atoms with van der Waals surface area (Å²) < 4.78 is 5.49. The summed E-state index contributed by atoms with van der Waals surface area (Å²) in [5, 5.41) is 0. The first-order chi connectivity index (χ1) is 12.9. The molecule has 0 saturated carbocycles. The van der Waals surface area contributed by atoms with Gasteiger partial charge in [0.15, 0.2) is 0 Å². The summed E-state index contributed by atoms with van der Waals surface area (Å²) in [6.07, 6.45) is 2.27. The minimum atomic E-state index is -0.424. The van der Waals surface area contributed by atoms with Crippen molar-refractivity contribution in [1.29, 1.82) is 0 Å². The number of hydrogen-bond acceptors (Lipinski definition) is 3. The Morgan fingerprint density at radius 3 is 1.81 bits per heavy atom. The Balaban J connectivity index is 2.07. The molecule has 0 aromatic heterocycles. The summed E-state index contributed by atoms with van der Waals surface area (Å²) in [5.41, 5.74) is 2.17. The van der Waals surface area contributed by atoms with Crippen molar-refractivity contribution in [1.82, 2.24) is 4.90 Å². The molecule has 0 aliphatic heterocycles. The second-order valence-corrected chi connectivity index (χ2v) is 8.06. The first-order valence-electron chi connectivity index (χ1n) is 9.91. The van der Waals surface area contributed by atoms with Crippen LogP contribution in [0.2, 0.25) is 0 Å². The highest BCUT2D eigenvalue weighted by Crippen LogP contribution is 2.20. The van der Waals surface area contributed by atoms with Gasteiger partial charge in [-0.1, -0.05) is 67.6 Å². The minimum Gasteiger partial charge on any atom is -0.460 e. The largest absolute Gasteiger partial charge is 0.460 e.